The van der Waals surface area contributed by atoms with Gasteiger partial charge in [-0.05, 0) is 39.3 Å². The second-order valence-corrected chi connectivity index (χ2v) is 3.90. The van der Waals surface area contributed by atoms with E-state index in [9.17, 15) is 4.79 Å². The quantitative estimate of drug-likeness (QED) is 0.624. The third-order valence-electron chi connectivity index (χ3n) is 2.79. The summed E-state index contributed by atoms with van der Waals surface area (Å²) < 4.78 is 4.76. The summed E-state index contributed by atoms with van der Waals surface area (Å²) in [6.07, 6.45) is 1.07. The van der Waals surface area contributed by atoms with Crippen molar-refractivity contribution >= 4 is 5.97 Å². The first-order valence-corrected chi connectivity index (χ1v) is 4.38. The molecule has 3 nitrogen and oxygen atoms in total. The normalized spacial score (nSPS) is 24.1. The van der Waals surface area contributed by atoms with E-state index in [4.69, 9.17) is 4.74 Å². The zero-order chi connectivity index (χ0) is 9.19. The number of hydrogen-bond donors (Lipinski definition) is 1. The van der Waals surface area contributed by atoms with Crippen molar-refractivity contribution in [3.63, 3.8) is 0 Å². The first kappa shape index (κ1) is 9.52. The van der Waals surface area contributed by atoms with Crippen molar-refractivity contribution in [2.75, 3.05) is 20.2 Å². The molecule has 0 radical (unpaired) electrons. The van der Waals surface area contributed by atoms with E-state index >= 15 is 0 Å². The first-order valence-electron chi connectivity index (χ1n) is 4.38. The Kier molecular flexibility index (Phi) is 2.73. The van der Waals surface area contributed by atoms with Crippen molar-refractivity contribution in [3.05, 3.63) is 0 Å². The lowest BCUT2D eigenvalue weighted by Crippen LogP contribution is -2.35. The van der Waals surface area contributed by atoms with Gasteiger partial charge in [-0.1, -0.05) is 0 Å². The van der Waals surface area contributed by atoms with Crippen molar-refractivity contribution in [3.8, 4) is 0 Å². The standard InChI is InChI=1S/C9H17NO2/c1-9(2,8(11)12-3)7-4-5-10-6-7/h7,10H,4-6H2,1-3H3/t7-/m0/s1. The van der Waals surface area contributed by atoms with E-state index in [1.54, 1.807) is 0 Å². The SMILES string of the molecule is COC(=O)C(C)(C)[C@H]1CCNC1. The Morgan fingerprint density at radius 2 is 2.25 bits per heavy atom. The molecule has 1 rings (SSSR count). The summed E-state index contributed by atoms with van der Waals surface area (Å²) in [7, 11) is 1.45. The number of rotatable bonds is 2. The Balaban J connectivity index is 2.62. The number of carbonyl (C=O) groups is 1. The average Bonchev–Trinajstić information content (AvgIpc) is 2.55. The molecule has 0 aliphatic carbocycles. The number of ether oxygens (including phenoxy) is 1. The molecule has 0 unspecified atom stereocenters. The van der Waals surface area contributed by atoms with Crippen LogP contribution in [0.3, 0.4) is 0 Å². The summed E-state index contributed by atoms with van der Waals surface area (Å²) in [4.78, 5) is 11.4. The third-order valence-corrected chi connectivity index (χ3v) is 2.79. The number of esters is 1. The minimum atomic E-state index is -0.335. The van der Waals surface area contributed by atoms with Crippen molar-refractivity contribution in [1.29, 1.82) is 0 Å². The Morgan fingerprint density at radius 1 is 1.58 bits per heavy atom. The molecule has 1 N–H and O–H groups in total. The van der Waals surface area contributed by atoms with E-state index in [0.717, 1.165) is 19.5 Å². The van der Waals surface area contributed by atoms with Crippen molar-refractivity contribution < 1.29 is 9.53 Å². The van der Waals surface area contributed by atoms with E-state index in [1.165, 1.54) is 7.11 Å². The number of nitrogens with one attached hydrogen (secondary N) is 1. The van der Waals surface area contributed by atoms with Crippen LogP contribution in [-0.2, 0) is 9.53 Å². The van der Waals surface area contributed by atoms with E-state index in [2.05, 4.69) is 5.32 Å². The van der Waals surface area contributed by atoms with Gasteiger partial charge in [0.1, 0.15) is 0 Å². The molecule has 1 fully saturated rings. The van der Waals surface area contributed by atoms with Gasteiger partial charge in [-0.2, -0.15) is 0 Å². The van der Waals surface area contributed by atoms with E-state index in [1.807, 2.05) is 13.8 Å². The molecular weight excluding hydrogens is 154 g/mol. The highest BCUT2D eigenvalue weighted by Gasteiger charge is 2.38. The van der Waals surface area contributed by atoms with Crippen LogP contribution >= 0.6 is 0 Å². The molecular formula is C9H17NO2. The molecule has 0 aromatic heterocycles. The maximum atomic E-state index is 11.4. The lowest BCUT2D eigenvalue weighted by Gasteiger charge is -2.27. The molecule has 0 aromatic rings. The fourth-order valence-electron chi connectivity index (χ4n) is 1.70. The predicted molar refractivity (Wildman–Crippen MR) is 46.8 cm³/mol. The Hall–Kier alpha value is -0.570. The van der Waals surface area contributed by atoms with Crippen LogP contribution < -0.4 is 5.32 Å². The Labute approximate surface area is 73.5 Å². The fourth-order valence-corrected chi connectivity index (χ4v) is 1.70. The van der Waals surface area contributed by atoms with Gasteiger partial charge >= 0.3 is 5.97 Å². The molecule has 1 heterocycles. The Bertz CT molecular complexity index is 171. The van der Waals surface area contributed by atoms with Gasteiger partial charge < -0.3 is 10.1 Å². The van der Waals surface area contributed by atoms with Crippen molar-refractivity contribution in [1.82, 2.24) is 5.32 Å². The van der Waals surface area contributed by atoms with Crippen LogP contribution in [0.2, 0.25) is 0 Å². The molecule has 0 saturated carbocycles. The topological polar surface area (TPSA) is 38.3 Å². The summed E-state index contributed by atoms with van der Waals surface area (Å²) in [6, 6.07) is 0. The van der Waals surface area contributed by atoms with Gasteiger partial charge in [-0.25, -0.2) is 0 Å². The van der Waals surface area contributed by atoms with Crippen LogP contribution in [0.4, 0.5) is 0 Å². The third kappa shape index (κ3) is 1.61. The van der Waals surface area contributed by atoms with Gasteiger partial charge in [0.2, 0.25) is 0 Å². The highest BCUT2D eigenvalue weighted by atomic mass is 16.5. The molecule has 0 aromatic carbocycles. The molecule has 1 aliphatic heterocycles. The van der Waals surface area contributed by atoms with Crippen molar-refractivity contribution in [2.24, 2.45) is 11.3 Å². The maximum Gasteiger partial charge on any atom is 0.311 e. The summed E-state index contributed by atoms with van der Waals surface area (Å²) in [5.41, 5.74) is -0.335. The molecule has 0 bridgehead atoms. The molecule has 1 saturated heterocycles. The zero-order valence-corrected chi connectivity index (χ0v) is 8.02. The second kappa shape index (κ2) is 3.44. The van der Waals surface area contributed by atoms with E-state index in [0.29, 0.717) is 5.92 Å². The molecule has 0 spiro atoms. The second-order valence-electron chi connectivity index (χ2n) is 3.90. The average molecular weight is 171 g/mol. The first-order chi connectivity index (χ1) is 5.59. The molecule has 70 valence electrons. The zero-order valence-electron chi connectivity index (χ0n) is 8.02. The van der Waals surface area contributed by atoms with Gasteiger partial charge in [-0.3, -0.25) is 4.79 Å². The number of hydrogen-bond acceptors (Lipinski definition) is 3. The number of methoxy groups -OCH3 is 1. The minimum absolute atomic E-state index is 0.101. The molecule has 1 aliphatic rings. The molecule has 12 heavy (non-hydrogen) atoms. The van der Waals surface area contributed by atoms with Crippen LogP contribution in [0.1, 0.15) is 20.3 Å². The molecule has 1 atom stereocenters. The monoisotopic (exact) mass is 171 g/mol. The predicted octanol–water partition coefficient (Wildman–Crippen LogP) is 0.795. The summed E-state index contributed by atoms with van der Waals surface area (Å²) in [5.74, 6) is 0.321. The lowest BCUT2D eigenvalue weighted by molar-refractivity contribution is -0.153. The summed E-state index contributed by atoms with van der Waals surface area (Å²) in [6.45, 7) is 5.86. The highest BCUT2D eigenvalue weighted by molar-refractivity contribution is 5.76. The van der Waals surface area contributed by atoms with Gasteiger partial charge in [0, 0.05) is 0 Å². The number of carbonyl (C=O) groups excluding carboxylic acids is 1. The maximum absolute atomic E-state index is 11.4. The van der Waals surface area contributed by atoms with Gasteiger partial charge in [0.25, 0.3) is 0 Å². The summed E-state index contributed by atoms with van der Waals surface area (Å²) >= 11 is 0. The molecule has 0 amide bonds. The minimum Gasteiger partial charge on any atom is -0.469 e. The van der Waals surface area contributed by atoms with Crippen LogP contribution in [0.25, 0.3) is 0 Å². The van der Waals surface area contributed by atoms with Crippen LogP contribution in [0.5, 0.6) is 0 Å². The van der Waals surface area contributed by atoms with E-state index < -0.39 is 0 Å². The molecule has 3 heteroatoms. The van der Waals surface area contributed by atoms with Crippen molar-refractivity contribution in [2.45, 2.75) is 20.3 Å². The highest BCUT2D eigenvalue weighted by Crippen LogP contribution is 2.32. The fraction of sp³-hybridized carbons (Fsp3) is 0.889. The Morgan fingerprint density at radius 3 is 2.67 bits per heavy atom. The largest absolute Gasteiger partial charge is 0.469 e. The summed E-state index contributed by atoms with van der Waals surface area (Å²) in [5, 5.41) is 3.25. The lowest BCUT2D eigenvalue weighted by atomic mass is 9.78. The van der Waals surface area contributed by atoms with Gasteiger partial charge in [0.15, 0.2) is 0 Å². The van der Waals surface area contributed by atoms with Crippen LogP contribution in [-0.4, -0.2) is 26.2 Å². The van der Waals surface area contributed by atoms with Crippen LogP contribution in [0.15, 0.2) is 0 Å². The van der Waals surface area contributed by atoms with Gasteiger partial charge in [0.05, 0.1) is 12.5 Å². The van der Waals surface area contributed by atoms with Gasteiger partial charge in [-0.15, -0.1) is 0 Å². The smallest absolute Gasteiger partial charge is 0.311 e. The van der Waals surface area contributed by atoms with Crippen LogP contribution in [0, 0.1) is 11.3 Å². The van der Waals surface area contributed by atoms with E-state index in [-0.39, 0.29) is 11.4 Å².